The fourth-order valence-electron chi connectivity index (χ4n) is 2.50. The van der Waals surface area contributed by atoms with Gasteiger partial charge in [-0.2, -0.15) is 5.10 Å². The van der Waals surface area contributed by atoms with Gasteiger partial charge in [0.05, 0.1) is 12.1 Å². The van der Waals surface area contributed by atoms with Crippen LogP contribution < -0.4 is 5.32 Å². The van der Waals surface area contributed by atoms with Gasteiger partial charge in [-0.25, -0.2) is 0 Å². The van der Waals surface area contributed by atoms with Gasteiger partial charge in [-0.15, -0.1) is 0 Å². The molecule has 23 heavy (non-hydrogen) atoms. The number of amides is 1. The molecule has 120 valence electrons. The van der Waals surface area contributed by atoms with Crippen molar-refractivity contribution in [1.29, 1.82) is 0 Å². The van der Waals surface area contributed by atoms with Crippen LogP contribution in [0.5, 0.6) is 0 Å². The lowest BCUT2D eigenvalue weighted by atomic mass is 10.2. The second kappa shape index (κ2) is 6.87. The topological polar surface area (TPSA) is 60.1 Å². The van der Waals surface area contributed by atoms with Crippen LogP contribution in [0.4, 0.5) is 0 Å². The number of aryl methyl sites for hydroxylation is 2. The Kier molecular flexibility index (Phi) is 4.67. The van der Waals surface area contributed by atoms with E-state index in [4.69, 9.17) is 16.0 Å². The number of para-hydroxylation sites is 1. The number of nitrogens with zero attached hydrogens (tertiary/aromatic N) is 2. The highest BCUT2D eigenvalue weighted by Gasteiger charge is 2.09. The molecule has 0 fully saturated rings. The molecule has 0 aliphatic carbocycles. The summed E-state index contributed by atoms with van der Waals surface area (Å²) in [6.07, 6.45) is 1.05. The number of furan rings is 1. The highest BCUT2D eigenvalue weighted by molar-refractivity contribution is 6.34. The van der Waals surface area contributed by atoms with Gasteiger partial charge in [-0.3, -0.25) is 9.48 Å². The molecule has 0 atom stereocenters. The van der Waals surface area contributed by atoms with E-state index in [9.17, 15) is 4.79 Å². The Morgan fingerprint density at radius 2 is 2.13 bits per heavy atom. The molecule has 3 aromatic rings. The van der Waals surface area contributed by atoms with E-state index in [-0.39, 0.29) is 5.91 Å². The summed E-state index contributed by atoms with van der Waals surface area (Å²) in [5, 5.41) is 8.54. The first-order valence-electron chi connectivity index (χ1n) is 7.56. The van der Waals surface area contributed by atoms with Crippen molar-refractivity contribution in [1.82, 2.24) is 15.1 Å². The van der Waals surface area contributed by atoms with Crippen LogP contribution in [0.3, 0.4) is 0 Å². The Hall–Kier alpha value is -2.27. The Labute approximate surface area is 139 Å². The third kappa shape index (κ3) is 3.74. The fourth-order valence-corrected chi connectivity index (χ4v) is 2.75. The van der Waals surface area contributed by atoms with E-state index in [1.54, 1.807) is 4.68 Å². The van der Waals surface area contributed by atoms with Crippen LogP contribution in [0.2, 0.25) is 5.15 Å². The number of carbonyl (C=O) groups excluding carboxylic acids is 1. The fraction of sp³-hybridized carbons (Fsp3) is 0.294. The number of hydrogen-bond donors (Lipinski definition) is 1. The third-order valence-electron chi connectivity index (χ3n) is 3.65. The van der Waals surface area contributed by atoms with E-state index in [0.717, 1.165) is 22.4 Å². The summed E-state index contributed by atoms with van der Waals surface area (Å²) in [4.78, 5) is 11.9. The number of benzene rings is 1. The van der Waals surface area contributed by atoms with Crippen molar-refractivity contribution in [3.05, 3.63) is 53.1 Å². The molecule has 6 heteroatoms. The van der Waals surface area contributed by atoms with Crippen molar-refractivity contribution in [2.45, 2.75) is 26.3 Å². The maximum absolute atomic E-state index is 11.9. The van der Waals surface area contributed by atoms with Gasteiger partial charge in [0.15, 0.2) is 5.15 Å². The van der Waals surface area contributed by atoms with Crippen molar-refractivity contribution >= 4 is 28.4 Å². The van der Waals surface area contributed by atoms with Crippen LogP contribution in [0, 0.1) is 6.92 Å². The Balaban J connectivity index is 1.50. The molecule has 0 aliphatic heterocycles. The Morgan fingerprint density at radius 1 is 1.30 bits per heavy atom. The van der Waals surface area contributed by atoms with Crippen LogP contribution in [0.1, 0.15) is 17.9 Å². The average molecular weight is 332 g/mol. The molecule has 0 saturated carbocycles. The zero-order valence-corrected chi connectivity index (χ0v) is 13.6. The second-order valence-corrected chi connectivity index (χ2v) is 5.75. The molecule has 3 rings (SSSR count). The van der Waals surface area contributed by atoms with Gasteiger partial charge >= 0.3 is 0 Å². The molecule has 2 aromatic heterocycles. The van der Waals surface area contributed by atoms with E-state index in [0.29, 0.717) is 31.1 Å². The van der Waals surface area contributed by atoms with Crippen molar-refractivity contribution in [2.75, 3.05) is 6.54 Å². The first-order chi connectivity index (χ1) is 11.1. The van der Waals surface area contributed by atoms with Crippen LogP contribution in [0.15, 0.2) is 40.8 Å². The molecule has 1 aromatic carbocycles. The summed E-state index contributed by atoms with van der Waals surface area (Å²) in [6, 6.07) is 11.6. The normalized spacial score (nSPS) is 11.0. The van der Waals surface area contributed by atoms with Gasteiger partial charge in [0.25, 0.3) is 0 Å². The van der Waals surface area contributed by atoms with E-state index < -0.39 is 0 Å². The standard InChI is InChI=1S/C17H18ClN3O2/c1-12-6-7-13(23-12)8-10-19-16(22)9-11-21-15-5-3-2-4-14(15)17(18)20-21/h2-7H,8-11H2,1H3,(H,19,22). The quantitative estimate of drug-likeness (QED) is 0.753. The first-order valence-corrected chi connectivity index (χ1v) is 7.94. The smallest absolute Gasteiger partial charge is 0.221 e. The highest BCUT2D eigenvalue weighted by Crippen LogP contribution is 2.22. The van der Waals surface area contributed by atoms with Crippen LogP contribution in [0.25, 0.3) is 10.9 Å². The summed E-state index contributed by atoms with van der Waals surface area (Å²) in [5.41, 5.74) is 0.941. The van der Waals surface area contributed by atoms with Crippen molar-refractivity contribution < 1.29 is 9.21 Å². The number of nitrogens with one attached hydrogen (secondary N) is 1. The SMILES string of the molecule is Cc1ccc(CCNC(=O)CCn2nc(Cl)c3ccccc32)o1. The van der Waals surface area contributed by atoms with Crippen LogP contribution in [-0.2, 0) is 17.8 Å². The minimum atomic E-state index is -0.0102. The van der Waals surface area contributed by atoms with Gasteiger partial charge in [0.2, 0.25) is 5.91 Å². The lowest BCUT2D eigenvalue weighted by molar-refractivity contribution is -0.121. The number of fused-ring (bicyclic) bond motifs is 1. The predicted molar refractivity (Wildman–Crippen MR) is 89.5 cm³/mol. The van der Waals surface area contributed by atoms with E-state index in [2.05, 4.69) is 10.4 Å². The van der Waals surface area contributed by atoms with E-state index in [1.165, 1.54) is 0 Å². The average Bonchev–Trinajstić information content (AvgIpc) is 3.10. The first kappa shape index (κ1) is 15.6. The summed E-state index contributed by atoms with van der Waals surface area (Å²) in [6.45, 7) is 2.97. The predicted octanol–water partition coefficient (Wildman–Crippen LogP) is 3.34. The van der Waals surface area contributed by atoms with Crippen molar-refractivity contribution in [3.8, 4) is 0 Å². The summed E-state index contributed by atoms with van der Waals surface area (Å²) < 4.78 is 7.24. The molecule has 0 aliphatic rings. The maximum Gasteiger partial charge on any atom is 0.221 e. The minimum Gasteiger partial charge on any atom is -0.466 e. The molecule has 1 amide bonds. The van der Waals surface area contributed by atoms with Gasteiger partial charge < -0.3 is 9.73 Å². The van der Waals surface area contributed by atoms with E-state index >= 15 is 0 Å². The molecule has 2 heterocycles. The molecule has 1 N–H and O–H groups in total. The molecule has 0 bridgehead atoms. The van der Waals surface area contributed by atoms with Crippen molar-refractivity contribution in [2.24, 2.45) is 0 Å². The van der Waals surface area contributed by atoms with Gasteiger partial charge in [-0.1, -0.05) is 23.7 Å². The number of carbonyl (C=O) groups is 1. The number of aromatic nitrogens is 2. The zero-order valence-electron chi connectivity index (χ0n) is 12.9. The van der Waals surface area contributed by atoms with Crippen LogP contribution >= 0.6 is 11.6 Å². The van der Waals surface area contributed by atoms with Crippen LogP contribution in [-0.4, -0.2) is 22.2 Å². The van der Waals surface area contributed by atoms with E-state index in [1.807, 2.05) is 43.3 Å². The summed E-state index contributed by atoms with van der Waals surface area (Å²) in [7, 11) is 0. The molecular weight excluding hydrogens is 314 g/mol. The Bertz CT molecular complexity index is 822. The molecule has 5 nitrogen and oxygen atoms in total. The molecule has 0 saturated heterocycles. The molecule has 0 radical (unpaired) electrons. The highest BCUT2D eigenvalue weighted by atomic mass is 35.5. The monoisotopic (exact) mass is 331 g/mol. The van der Waals surface area contributed by atoms with Gasteiger partial charge in [0.1, 0.15) is 11.5 Å². The largest absolute Gasteiger partial charge is 0.466 e. The maximum atomic E-state index is 11.9. The molecular formula is C17H18ClN3O2. The second-order valence-electron chi connectivity index (χ2n) is 5.39. The summed E-state index contributed by atoms with van der Waals surface area (Å²) >= 11 is 6.10. The van der Waals surface area contributed by atoms with Crippen molar-refractivity contribution in [3.63, 3.8) is 0 Å². The number of hydrogen-bond acceptors (Lipinski definition) is 3. The van der Waals surface area contributed by atoms with Gasteiger partial charge in [0, 0.05) is 24.8 Å². The Morgan fingerprint density at radius 3 is 2.91 bits per heavy atom. The molecule has 0 spiro atoms. The number of halogens is 1. The number of rotatable bonds is 6. The zero-order chi connectivity index (χ0) is 16.2. The molecule has 0 unspecified atom stereocenters. The lowest BCUT2D eigenvalue weighted by Gasteiger charge is -2.05. The third-order valence-corrected chi connectivity index (χ3v) is 3.93. The summed E-state index contributed by atoms with van der Waals surface area (Å²) in [5.74, 6) is 1.75. The minimum absolute atomic E-state index is 0.0102. The lowest BCUT2D eigenvalue weighted by Crippen LogP contribution is -2.26. The van der Waals surface area contributed by atoms with Gasteiger partial charge in [-0.05, 0) is 31.2 Å².